The van der Waals surface area contributed by atoms with E-state index < -0.39 is 70.5 Å². The fourth-order valence-corrected chi connectivity index (χ4v) is 6.72. The number of carbonyl (C=O) groups is 3. The SMILES string of the molecule is N=C(N)N1CCC(C(NS(=O)(=O)Cc2ccccc2)C(=O)NCC(=O)NC(Cc2c[nH]c3ccccc23)C(=O)C(F)(F)F)CC1. The van der Waals surface area contributed by atoms with E-state index in [-0.39, 0.29) is 5.96 Å². The summed E-state index contributed by atoms with van der Waals surface area (Å²) in [7, 11) is -4.05. The highest BCUT2D eigenvalue weighted by Crippen LogP contribution is 2.24. The maximum atomic E-state index is 13.4. The second-order valence-corrected chi connectivity index (χ2v) is 12.6. The van der Waals surface area contributed by atoms with Crippen molar-refractivity contribution < 1.29 is 36.0 Å². The van der Waals surface area contributed by atoms with Crippen LogP contribution in [0.1, 0.15) is 24.0 Å². The van der Waals surface area contributed by atoms with E-state index in [9.17, 15) is 36.0 Å². The number of aromatic nitrogens is 1. The van der Waals surface area contributed by atoms with Gasteiger partial charge in [-0.3, -0.25) is 19.8 Å². The number of aromatic amines is 1. The van der Waals surface area contributed by atoms with E-state index in [1.807, 2.05) is 0 Å². The third-order valence-corrected chi connectivity index (χ3v) is 8.92. The number of halogens is 3. The summed E-state index contributed by atoms with van der Waals surface area (Å²) in [6.07, 6.45) is -3.64. The van der Waals surface area contributed by atoms with Crippen LogP contribution in [0.2, 0.25) is 0 Å². The fourth-order valence-electron chi connectivity index (χ4n) is 5.32. The van der Waals surface area contributed by atoms with Gasteiger partial charge in [0.05, 0.1) is 12.3 Å². The molecule has 2 atom stereocenters. The van der Waals surface area contributed by atoms with E-state index >= 15 is 0 Å². The second kappa shape index (κ2) is 14.1. The van der Waals surface area contributed by atoms with Crippen LogP contribution in [0.3, 0.4) is 0 Å². The minimum Gasteiger partial charge on any atom is -0.370 e. The van der Waals surface area contributed by atoms with E-state index in [0.717, 1.165) is 0 Å². The molecule has 1 aromatic heterocycles. The van der Waals surface area contributed by atoms with Crippen LogP contribution < -0.4 is 21.1 Å². The van der Waals surface area contributed by atoms with E-state index in [4.69, 9.17) is 11.1 Å². The quantitative estimate of drug-likeness (QED) is 0.127. The maximum Gasteiger partial charge on any atom is 0.452 e. The number of carbonyl (C=O) groups excluding carboxylic acids is 3. The number of fused-ring (bicyclic) bond motifs is 1. The zero-order valence-corrected chi connectivity index (χ0v) is 24.9. The molecule has 2 heterocycles. The normalized spacial score (nSPS) is 15.8. The number of amides is 2. The molecule has 0 saturated carbocycles. The third-order valence-electron chi connectivity index (χ3n) is 7.59. The molecule has 2 aromatic carbocycles. The first-order valence-electron chi connectivity index (χ1n) is 14.1. The number of nitrogens with two attached hydrogens (primary N) is 1. The van der Waals surface area contributed by atoms with Crippen LogP contribution in [-0.2, 0) is 36.6 Å². The van der Waals surface area contributed by atoms with Crippen LogP contribution in [0.25, 0.3) is 10.9 Å². The summed E-state index contributed by atoms with van der Waals surface area (Å²) in [5, 5.41) is 12.6. The lowest BCUT2D eigenvalue weighted by Gasteiger charge is -2.35. The molecule has 16 heteroatoms. The largest absolute Gasteiger partial charge is 0.452 e. The highest BCUT2D eigenvalue weighted by Gasteiger charge is 2.44. The van der Waals surface area contributed by atoms with Gasteiger partial charge < -0.3 is 26.3 Å². The Kier molecular flexibility index (Phi) is 10.5. The molecular weight excluding hydrogens is 615 g/mol. The van der Waals surface area contributed by atoms with Gasteiger partial charge in [0.25, 0.3) is 5.78 Å². The molecule has 1 aliphatic heterocycles. The van der Waals surface area contributed by atoms with Gasteiger partial charge in [-0.25, -0.2) is 13.1 Å². The lowest BCUT2D eigenvalue weighted by molar-refractivity contribution is -0.173. The molecule has 242 valence electrons. The molecule has 0 bridgehead atoms. The number of benzene rings is 2. The molecular formula is C29H34F3N7O5S. The number of H-pyrrole nitrogens is 1. The average molecular weight is 650 g/mol. The molecule has 0 spiro atoms. The molecule has 3 aromatic rings. The number of likely N-dealkylation sites (tertiary alicyclic amines) is 1. The van der Waals surface area contributed by atoms with Gasteiger partial charge in [-0.05, 0) is 36.0 Å². The molecule has 2 unspecified atom stereocenters. The van der Waals surface area contributed by atoms with Gasteiger partial charge in [-0.1, -0.05) is 48.5 Å². The number of alkyl halides is 3. The molecule has 2 amide bonds. The minimum absolute atomic E-state index is 0.161. The van der Waals surface area contributed by atoms with Crippen LogP contribution in [0.15, 0.2) is 60.8 Å². The summed E-state index contributed by atoms with van der Waals surface area (Å²) < 4.78 is 68.8. The molecule has 1 saturated heterocycles. The summed E-state index contributed by atoms with van der Waals surface area (Å²) in [6.45, 7) is -0.225. The number of para-hydroxylation sites is 1. The zero-order chi connectivity index (χ0) is 32.8. The number of guanidine groups is 1. The van der Waals surface area contributed by atoms with Crippen molar-refractivity contribution in [2.24, 2.45) is 11.7 Å². The first kappa shape index (κ1) is 33.5. The van der Waals surface area contributed by atoms with Crippen LogP contribution in [0.5, 0.6) is 0 Å². The van der Waals surface area contributed by atoms with E-state index in [1.165, 1.54) is 6.20 Å². The third kappa shape index (κ3) is 9.04. The van der Waals surface area contributed by atoms with Crippen LogP contribution in [-0.4, -0.2) is 79.8 Å². The number of nitrogens with zero attached hydrogens (tertiary/aromatic N) is 1. The smallest absolute Gasteiger partial charge is 0.370 e. The number of hydrogen-bond acceptors (Lipinski definition) is 6. The zero-order valence-electron chi connectivity index (χ0n) is 24.1. The van der Waals surface area contributed by atoms with Gasteiger partial charge >= 0.3 is 6.18 Å². The van der Waals surface area contributed by atoms with Crippen molar-refractivity contribution in [3.05, 3.63) is 71.9 Å². The van der Waals surface area contributed by atoms with Crippen molar-refractivity contribution in [1.29, 1.82) is 5.41 Å². The van der Waals surface area contributed by atoms with Crippen LogP contribution in [0, 0.1) is 11.3 Å². The second-order valence-electron chi connectivity index (χ2n) is 10.8. The number of Topliss-reactive ketones (excluding diaryl/α,β-unsaturated/α-hetero) is 1. The molecule has 7 N–H and O–H groups in total. The van der Waals surface area contributed by atoms with Crippen LogP contribution in [0.4, 0.5) is 13.2 Å². The number of hydrogen-bond donors (Lipinski definition) is 6. The molecule has 0 radical (unpaired) electrons. The molecule has 1 fully saturated rings. The van der Waals surface area contributed by atoms with Gasteiger partial charge in [-0.15, -0.1) is 0 Å². The topological polar surface area (TPSA) is 190 Å². The Labute approximate surface area is 257 Å². The monoisotopic (exact) mass is 649 g/mol. The van der Waals surface area contributed by atoms with Gasteiger partial charge in [0.15, 0.2) is 5.96 Å². The highest BCUT2D eigenvalue weighted by atomic mass is 32.2. The number of rotatable bonds is 12. The summed E-state index contributed by atoms with van der Waals surface area (Å²) in [5.74, 6) is -5.20. The van der Waals surface area contributed by atoms with Gasteiger partial charge in [0.1, 0.15) is 12.1 Å². The molecule has 4 rings (SSSR count). The van der Waals surface area contributed by atoms with Crippen molar-refractivity contribution in [2.45, 2.75) is 43.3 Å². The first-order valence-corrected chi connectivity index (χ1v) is 15.7. The number of piperidine rings is 1. The molecule has 12 nitrogen and oxygen atoms in total. The van der Waals surface area contributed by atoms with Crippen molar-refractivity contribution in [2.75, 3.05) is 19.6 Å². The Morgan fingerprint density at radius 3 is 2.33 bits per heavy atom. The summed E-state index contributed by atoms with van der Waals surface area (Å²) in [5.41, 5.74) is 7.05. The lowest BCUT2D eigenvalue weighted by atomic mass is 9.89. The highest BCUT2D eigenvalue weighted by molar-refractivity contribution is 7.88. The first-order chi connectivity index (χ1) is 21.2. The van der Waals surface area contributed by atoms with Crippen LogP contribution >= 0.6 is 0 Å². The summed E-state index contributed by atoms with van der Waals surface area (Å²) >= 11 is 0. The van der Waals surface area contributed by atoms with Crippen molar-refractivity contribution in [1.82, 2.24) is 25.2 Å². The van der Waals surface area contributed by atoms with Gasteiger partial charge in [-0.2, -0.15) is 13.2 Å². The Balaban J connectivity index is 1.46. The number of nitrogens with one attached hydrogen (secondary N) is 5. The number of ketones is 1. The van der Waals surface area contributed by atoms with Gasteiger partial charge in [0, 0.05) is 36.6 Å². The van der Waals surface area contributed by atoms with Crippen molar-refractivity contribution in [3.63, 3.8) is 0 Å². The Bertz CT molecular complexity index is 1640. The summed E-state index contributed by atoms with van der Waals surface area (Å²) in [6, 6.07) is 11.8. The fraction of sp³-hybridized carbons (Fsp3) is 0.379. The molecule has 0 aliphatic carbocycles. The van der Waals surface area contributed by atoms with Gasteiger partial charge in [0.2, 0.25) is 21.8 Å². The molecule has 45 heavy (non-hydrogen) atoms. The Hall–Kier alpha value is -4.44. The lowest BCUT2D eigenvalue weighted by Crippen LogP contribution is -2.56. The number of sulfonamides is 1. The Morgan fingerprint density at radius 2 is 1.69 bits per heavy atom. The predicted octanol–water partition coefficient (Wildman–Crippen LogP) is 1.54. The minimum atomic E-state index is -5.23. The van der Waals surface area contributed by atoms with E-state index in [0.29, 0.717) is 48.0 Å². The Morgan fingerprint density at radius 1 is 1.04 bits per heavy atom. The molecule has 1 aliphatic rings. The maximum absolute atomic E-state index is 13.4. The van der Waals surface area contributed by atoms with Crippen molar-refractivity contribution >= 4 is 44.5 Å². The summed E-state index contributed by atoms with van der Waals surface area (Å²) in [4.78, 5) is 42.9. The average Bonchev–Trinajstić information content (AvgIpc) is 3.40. The standard InChI is InChI=1S/C29H34F3N7O5S/c30-29(31,32)26(41)23(14-20-15-35-22-9-5-4-8-21(20)22)37-24(40)16-36-27(42)25(19-10-12-39(13-11-19)28(33)34)38-45(43,44)17-18-6-2-1-3-7-18/h1-9,15,19,23,25,35,38H,10-14,16-17H2,(H3,33,34)(H,36,42)(H,37,40). The van der Waals surface area contributed by atoms with Crippen molar-refractivity contribution in [3.8, 4) is 0 Å². The predicted molar refractivity (Wildman–Crippen MR) is 160 cm³/mol. The van der Waals surface area contributed by atoms with E-state index in [2.05, 4.69) is 20.3 Å². The van der Waals surface area contributed by atoms with E-state index in [1.54, 1.807) is 59.5 Å².